The summed E-state index contributed by atoms with van der Waals surface area (Å²) >= 11 is 5.77. The van der Waals surface area contributed by atoms with Crippen molar-refractivity contribution in [3.63, 3.8) is 0 Å². The number of hydrogen-bond donors (Lipinski definition) is 1. The minimum atomic E-state index is 0.0634. The quantitative estimate of drug-likeness (QED) is 0.785. The molecule has 1 unspecified atom stereocenters. The molecule has 0 bridgehead atoms. The Kier molecular flexibility index (Phi) is 3.00. The molecule has 4 heteroatoms. The van der Waals surface area contributed by atoms with Gasteiger partial charge in [0.05, 0.1) is 5.02 Å². The highest BCUT2D eigenvalue weighted by atomic mass is 35.5. The Morgan fingerprint density at radius 1 is 1.67 bits per heavy atom. The molecule has 82 valence electrons. The fraction of sp³-hybridized carbons (Fsp3) is 0.545. The van der Waals surface area contributed by atoms with Gasteiger partial charge in [-0.15, -0.1) is 0 Å². The molecule has 1 atom stereocenters. The lowest BCUT2D eigenvalue weighted by molar-refractivity contribution is 0.0678. The lowest BCUT2D eigenvalue weighted by atomic mass is 10.0. The summed E-state index contributed by atoms with van der Waals surface area (Å²) in [5.74, 6) is 0.668. The average Bonchev–Trinajstić information content (AvgIpc) is 2.64. The third-order valence-electron chi connectivity index (χ3n) is 2.82. The first-order valence-electron chi connectivity index (χ1n) is 5.30. The zero-order valence-electron chi connectivity index (χ0n) is 8.79. The predicted molar refractivity (Wildman–Crippen MR) is 60.1 cm³/mol. The summed E-state index contributed by atoms with van der Waals surface area (Å²) in [6.07, 6.45) is 3.96. The molecule has 0 aromatic carbocycles. The Balaban J connectivity index is 2.07. The summed E-state index contributed by atoms with van der Waals surface area (Å²) in [6.45, 7) is 3.90. The number of piperidine rings is 1. The van der Waals surface area contributed by atoms with Gasteiger partial charge in [-0.1, -0.05) is 18.5 Å². The Labute approximate surface area is 94.4 Å². The van der Waals surface area contributed by atoms with E-state index in [9.17, 15) is 4.79 Å². The van der Waals surface area contributed by atoms with Crippen LogP contribution in [0, 0.1) is 5.92 Å². The number of amides is 1. The van der Waals surface area contributed by atoms with Crippen molar-refractivity contribution in [1.82, 2.24) is 9.88 Å². The van der Waals surface area contributed by atoms with Crippen LogP contribution in [0.4, 0.5) is 0 Å². The van der Waals surface area contributed by atoms with Crippen LogP contribution in [0.1, 0.15) is 30.3 Å². The SMILES string of the molecule is CC1CCCN(C(=O)c2cc(Cl)c[nH]2)C1. The molecule has 0 spiro atoms. The van der Waals surface area contributed by atoms with E-state index in [0.717, 1.165) is 19.5 Å². The monoisotopic (exact) mass is 226 g/mol. The van der Waals surface area contributed by atoms with Gasteiger partial charge in [0.1, 0.15) is 5.69 Å². The van der Waals surface area contributed by atoms with E-state index in [1.807, 2.05) is 4.90 Å². The van der Waals surface area contributed by atoms with Gasteiger partial charge in [0.2, 0.25) is 0 Å². The summed E-state index contributed by atoms with van der Waals surface area (Å²) in [6, 6.07) is 1.68. The van der Waals surface area contributed by atoms with E-state index < -0.39 is 0 Å². The normalized spacial score (nSPS) is 21.7. The van der Waals surface area contributed by atoms with Crippen LogP contribution in [0.5, 0.6) is 0 Å². The van der Waals surface area contributed by atoms with Gasteiger partial charge in [0.25, 0.3) is 5.91 Å². The van der Waals surface area contributed by atoms with E-state index in [4.69, 9.17) is 11.6 Å². The Morgan fingerprint density at radius 2 is 2.47 bits per heavy atom. The molecule has 1 fully saturated rings. The third kappa shape index (κ3) is 2.34. The van der Waals surface area contributed by atoms with E-state index in [1.54, 1.807) is 12.3 Å². The number of likely N-dealkylation sites (tertiary alicyclic amines) is 1. The lowest BCUT2D eigenvalue weighted by Crippen LogP contribution is -2.39. The van der Waals surface area contributed by atoms with Crippen molar-refractivity contribution in [1.29, 1.82) is 0 Å². The van der Waals surface area contributed by atoms with Crippen LogP contribution in [0.15, 0.2) is 12.3 Å². The second-order valence-electron chi connectivity index (χ2n) is 4.23. The van der Waals surface area contributed by atoms with Crippen molar-refractivity contribution >= 4 is 17.5 Å². The van der Waals surface area contributed by atoms with E-state index in [2.05, 4.69) is 11.9 Å². The number of halogens is 1. The highest BCUT2D eigenvalue weighted by Gasteiger charge is 2.22. The van der Waals surface area contributed by atoms with Crippen molar-refractivity contribution < 1.29 is 4.79 Å². The molecule has 1 N–H and O–H groups in total. The summed E-state index contributed by atoms with van der Waals surface area (Å²) in [7, 11) is 0. The standard InChI is InChI=1S/C11H15ClN2O/c1-8-3-2-4-14(7-8)11(15)10-5-9(12)6-13-10/h5-6,8,13H,2-4,7H2,1H3. The van der Waals surface area contributed by atoms with Crippen molar-refractivity contribution in [2.24, 2.45) is 5.92 Å². The van der Waals surface area contributed by atoms with Gasteiger partial charge in [-0.2, -0.15) is 0 Å². The number of rotatable bonds is 1. The first kappa shape index (κ1) is 10.6. The number of nitrogens with zero attached hydrogens (tertiary/aromatic N) is 1. The topological polar surface area (TPSA) is 36.1 Å². The van der Waals surface area contributed by atoms with Gasteiger partial charge in [0.15, 0.2) is 0 Å². The molecule has 1 aliphatic rings. The van der Waals surface area contributed by atoms with Crippen LogP contribution in [0.25, 0.3) is 0 Å². The Bertz CT molecular complexity index is 361. The maximum atomic E-state index is 12.0. The third-order valence-corrected chi connectivity index (χ3v) is 3.04. The van der Waals surface area contributed by atoms with Crippen LogP contribution in [0.2, 0.25) is 5.02 Å². The first-order valence-corrected chi connectivity index (χ1v) is 5.68. The molecule has 2 heterocycles. The van der Waals surface area contributed by atoms with Crippen LogP contribution in [-0.4, -0.2) is 28.9 Å². The molecule has 1 aromatic heterocycles. The fourth-order valence-electron chi connectivity index (χ4n) is 2.04. The second kappa shape index (κ2) is 4.27. The zero-order valence-corrected chi connectivity index (χ0v) is 9.55. The van der Waals surface area contributed by atoms with Gasteiger partial charge in [-0.25, -0.2) is 0 Å². The maximum absolute atomic E-state index is 12.0. The molecule has 15 heavy (non-hydrogen) atoms. The minimum absolute atomic E-state index is 0.0634. The van der Waals surface area contributed by atoms with Gasteiger partial charge < -0.3 is 9.88 Å². The molecule has 1 aromatic rings. The number of aromatic amines is 1. The fourth-order valence-corrected chi connectivity index (χ4v) is 2.20. The van der Waals surface area contributed by atoms with Crippen LogP contribution < -0.4 is 0 Å². The molecule has 0 saturated carbocycles. The van der Waals surface area contributed by atoms with Crippen molar-refractivity contribution in [3.05, 3.63) is 23.0 Å². The van der Waals surface area contributed by atoms with Crippen LogP contribution in [0.3, 0.4) is 0 Å². The number of nitrogens with one attached hydrogen (secondary N) is 1. The Morgan fingerprint density at radius 3 is 3.07 bits per heavy atom. The Hall–Kier alpha value is -0.960. The van der Waals surface area contributed by atoms with E-state index in [0.29, 0.717) is 16.6 Å². The zero-order chi connectivity index (χ0) is 10.8. The van der Waals surface area contributed by atoms with Crippen LogP contribution >= 0.6 is 11.6 Å². The van der Waals surface area contributed by atoms with Gasteiger partial charge in [0, 0.05) is 19.3 Å². The summed E-state index contributed by atoms with van der Waals surface area (Å²) < 4.78 is 0. The average molecular weight is 227 g/mol. The molecule has 0 aliphatic carbocycles. The highest BCUT2D eigenvalue weighted by Crippen LogP contribution is 2.18. The number of aromatic nitrogens is 1. The van der Waals surface area contributed by atoms with Gasteiger partial charge in [-0.05, 0) is 24.8 Å². The molecule has 1 saturated heterocycles. The number of H-pyrrole nitrogens is 1. The molecular weight excluding hydrogens is 212 g/mol. The highest BCUT2D eigenvalue weighted by molar-refractivity contribution is 6.30. The largest absolute Gasteiger partial charge is 0.356 e. The minimum Gasteiger partial charge on any atom is -0.356 e. The smallest absolute Gasteiger partial charge is 0.270 e. The molecular formula is C11H15ClN2O. The molecule has 1 amide bonds. The van der Waals surface area contributed by atoms with Crippen molar-refractivity contribution in [2.45, 2.75) is 19.8 Å². The van der Waals surface area contributed by atoms with E-state index in [1.165, 1.54) is 6.42 Å². The summed E-state index contributed by atoms with van der Waals surface area (Å²) in [5.41, 5.74) is 0.592. The first-order chi connectivity index (χ1) is 7.16. The second-order valence-corrected chi connectivity index (χ2v) is 4.67. The number of hydrogen-bond acceptors (Lipinski definition) is 1. The summed E-state index contributed by atoms with van der Waals surface area (Å²) in [5, 5.41) is 0.586. The predicted octanol–water partition coefficient (Wildman–Crippen LogP) is 2.54. The summed E-state index contributed by atoms with van der Waals surface area (Å²) in [4.78, 5) is 16.8. The van der Waals surface area contributed by atoms with Gasteiger partial charge >= 0.3 is 0 Å². The lowest BCUT2D eigenvalue weighted by Gasteiger charge is -2.30. The molecule has 2 rings (SSSR count). The number of carbonyl (C=O) groups excluding carboxylic acids is 1. The molecule has 1 aliphatic heterocycles. The van der Waals surface area contributed by atoms with Crippen molar-refractivity contribution in [3.8, 4) is 0 Å². The molecule has 3 nitrogen and oxygen atoms in total. The van der Waals surface area contributed by atoms with Crippen LogP contribution in [-0.2, 0) is 0 Å². The van der Waals surface area contributed by atoms with E-state index in [-0.39, 0.29) is 5.91 Å². The van der Waals surface area contributed by atoms with Crippen molar-refractivity contribution in [2.75, 3.05) is 13.1 Å². The number of carbonyl (C=O) groups is 1. The van der Waals surface area contributed by atoms with E-state index >= 15 is 0 Å². The maximum Gasteiger partial charge on any atom is 0.270 e. The van der Waals surface area contributed by atoms with Gasteiger partial charge in [-0.3, -0.25) is 4.79 Å². The molecule has 0 radical (unpaired) electrons.